The second-order valence-corrected chi connectivity index (χ2v) is 6.03. The van der Waals surface area contributed by atoms with E-state index >= 15 is 0 Å². The molecule has 4 nitrogen and oxygen atoms in total. The summed E-state index contributed by atoms with van der Waals surface area (Å²) in [5, 5.41) is 12.0. The van der Waals surface area contributed by atoms with Crippen LogP contribution in [0, 0.1) is 11.2 Å². The van der Waals surface area contributed by atoms with Crippen molar-refractivity contribution in [3.05, 3.63) is 34.6 Å². The van der Waals surface area contributed by atoms with Crippen LogP contribution in [-0.4, -0.2) is 23.0 Å². The zero-order valence-electron chi connectivity index (χ0n) is 11.7. The number of halogens is 2. The molecule has 0 heterocycles. The highest BCUT2D eigenvalue weighted by atomic mass is 35.5. The molecule has 1 aromatic carbocycles. The molecule has 2 rings (SSSR count). The van der Waals surface area contributed by atoms with Crippen LogP contribution in [-0.2, 0) is 4.79 Å². The predicted octanol–water partition coefficient (Wildman–Crippen LogP) is 3.24. The summed E-state index contributed by atoms with van der Waals surface area (Å²) in [6.07, 6.45) is 2.84. The van der Waals surface area contributed by atoms with Gasteiger partial charge in [-0.3, -0.25) is 9.59 Å². The van der Waals surface area contributed by atoms with Crippen molar-refractivity contribution in [3.63, 3.8) is 0 Å². The minimum absolute atomic E-state index is 0.132. The lowest BCUT2D eigenvalue weighted by Gasteiger charge is -2.38. The topological polar surface area (TPSA) is 66.4 Å². The lowest BCUT2D eigenvalue weighted by atomic mass is 9.71. The summed E-state index contributed by atoms with van der Waals surface area (Å²) in [5.74, 6) is -1.94. The minimum Gasteiger partial charge on any atom is -0.481 e. The molecule has 2 atom stereocenters. The summed E-state index contributed by atoms with van der Waals surface area (Å²) in [6.45, 7) is 1.65. The van der Waals surface area contributed by atoms with Gasteiger partial charge in [-0.25, -0.2) is 4.39 Å². The molecule has 1 aliphatic carbocycles. The Morgan fingerprint density at radius 1 is 1.43 bits per heavy atom. The highest BCUT2D eigenvalue weighted by Gasteiger charge is 2.43. The van der Waals surface area contributed by atoms with Gasteiger partial charge in [0.25, 0.3) is 5.91 Å². The number of carboxylic acids is 1. The van der Waals surface area contributed by atoms with E-state index in [4.69, 9.17) is 11.6 Å². The summed E-state index contributed by atoms with van der Waals surface area (Å²) in [6, 6.07) is 3.25. The molecule has 2 N–H and O–H groups in total. The van der Waals surface area contributed by atoms with Crippen molar-refractivity contribution in [2.45, 2.75) is 38.6 Å². The third kappa shape index (κ3) is 3.18. The van der Waals surface area contributed by atoms with E-state index in [0.29, 0.717) is 12.8 Å². The van der Waals surface area contributed by atoms with E-state index in [-0.39, 0.29) is 10.6 Å². The first-order chi connectivity index (χ1) is 9.84. The van der Waals surface area contributed by atoms with Gasteiger partial charge in [0.2, 0.25) is 0 Å². The fourth-order valence-corrected chi connectivity index (χ4v) is 2.88. The highest BCUT2D eigenvalue weighted by Crippen LogP contribution is 2.36. The molecular formula is C15H17ClFNO3. The van der Waals surface area contributed by atoms with Gasteiger partial charge in [0.15, 0.2) is 0 Å². The molecule has 114 valence electrons. The molecule has 21 heavy (non-hydrogen) atoms. The number of hydrogen-bond donors (Lipinski definition) is 2. The first kappa shape index (κ1) is 15.8. The Hall–Kier alpha value is -1.62. The van der Waals surface area contributed by atoms with Crippen LogP contribution in [0.2, 0.25) is 5.02 Å². The van der Waals surface area contributed by atoms with Crippen molar-refractivity contribution < 1.29 is 19.1 Å². The molecule has 1 aliphatic rings. The summed E-state index contributed by atoms with van der Waals surface area (Å²) in [4.78, 5) is 23.7. The number of nitrogens with one attached hydrogen (secondary N) is 1. The van der Waals surface area contributed by atoms with E-state index < -0.39 is 29.2 Å². The number of carbonyl (C=O) groups excluding carboxylic acids is 1. The van der Waals surface area contributed by atoms with Gasteiger partial charge in [-0.05, 0) is 38.0 Å². The summed E-state index contributed by atoms with van der Waals surface area (Å²) < 4.78 is 13.1. The van der Waals surface area contributed by atoms with Gasteiger partial charge in [0.1, 0.15) is 5.82 Å². The molecule has 1 amide bonds. The zero-order valence-corrected chi connectivity index (χ0v) is 12.4. The SMILES string of the molecule is CC1(C(=O)O)CCCCC1NC(=O)c1ccc(F)c(Cl)c1. The van der Waals surface area contributed by atoms with Crippen molar-refractivity contribution in [1.29, 1.82) is 0 Å². The molecule has 0 saturated heterocycles. The van der Waals surface area contributed by atoms with E-state index in [1.54, 1.807) is 6.92 Å². The quantitative estimate of drug-likeness (QED) is 0.900. The Bertz CT molecular complexity index is 578. The molecule has 0 aromatic heterocycles. The van der Waals surface area contributed by atoms with Crippen LogP contribution >= 0.6 is 11.6 Å². The lowest BCUT2D eigenvalue weighted by Crippen LogP contribution is -2.52. The largest absolute Gasteiger partial charge is 0.481 e. The number of carbonyl (C=O) groups is 2. The molecule has 0 bridgehead atoms. The minimum atomic E-state index is -0.974. The monoisotopic (exact) mass is 313 g/mol. The summed E-state index contributed by atoms with van der Waals surface area (Å²) in [5.41, 5.74) is -0.753. The van der Waals surface area contributed by atoms with E-state index in [1.807, 2.05) is 0 Å². The number of amides is 1. The second-order valence-electron chi connectivity index (χ2n) is 5.62. The fourth-order valence-electron chi connectivity index (χ4n) is 2.70. The van der Waals surface area contributed by atoms with E-state index in [2.05, 4.69) is 5.32 Å². The number of carboxylic acid groups (broad SMARTS) is 1. The Balaban J connectivity index is 2.17. The summed E-state index contributed by atoms with van der Waals surface area (Å²) in [7, 11) is 0. The Morgan fingerprint density at radius 3 is 2.76 bits per heavy atom. The van der Waals surface area contributed by atoms with Crippen molar-refractivity contribution in [2.75, 3.05) is 0 Å². The van der Waals surface area contributed by atoms with E-state index in [1.165, 1.54) is 12.1 Å². The van der Waals surface area contributed by atoms with Crippen molar-refractivity contribution in [2.24, 2.45) is 5.41 Å². The summed E-state index contributed by atoms with van der Waals surface area (Å²) >= 11 is 5.66. The molecule has 0 radical (unpaired) electrons. The molecule has 0 spiro atoms. The number of rotatable bonds is 3. The zero-order chi connectivity index (χ0) is 15.6. The maximum Gasteiger partial charge on any atom is 0.311 e. The van der Waals surface area contributed by atoms with Gasteiger partial charge in [-0.15, -0.1) is 0 Å². The van der Waals surface area contributed by atoms with Crippen molar-refractivity contribution >= 4 is 23.5 Å². The number of hydrogen-bond acceptors (Lipinski definition) is 2. The van der Waals surface area contributed by atoms with Crippen LogP contribution in [0.3, 0.4) is 0 Å². The van der Waals surface area contributed by atoms with Crippen LogP contribution in [0.1, 0.15) is 43.0 Å². The molecular weight excluding hydrogens is 297 g/mol. The first-order valence-electron chi connectivity index (χ1n) is 6.84. The maximum absolute atomic E-state index is 13.1. The van der Waals surface area contributed by atoms with Gasteiger partial charge in [0.05, 0.1) is 10.4 Å². The maximum atomic E-state index is 13.1. The van der Waals surface area contributed by atoms with Gasteiger partial charge < -0.3 is 10.4 Å². The smallest absolute Gasteiger partial charge is 0.311 e. The van der Waals surface area contributed by atoms with Crippen molar-refractivity contribution in [1.82, 2.24) is 5.32 Å². The molecule has 2 unspecified atom stereocenters. The normalized spacial score (nSPS) is 25.4. The van der Waals surface area contributed by atoms with Crippen LogP contribution in [0.25, 0.3) is 0 Å². The van der Waals surface area contributed by atoms with Crippen molar-refractivity contribution in [3.8, 4) is 0 Å². The first-order valence-corrected chi connectivity index (χ1v) is 7.21. The molecule has 1 fully saturated rings. The third-order valence-electron chi connectivity index (χ3n) is 4.18. The number of aliphatic carboxylic acids is 1. The van der Waals surface area contributed by atoms with Crippen LogP contribution < -0.4 is 5.32 Å². The van der Waals surface area contributed by atoms with Gasteiger partial charge in [-0.1, -0.05) is 24.4 Å². The predicted molar refractivity (Wildman–Crippen MR) is 76.9 cm³/mol. The Morgan fingerprint density at radius 2 is 2.14 bits per heavy atom. The highest BCUT2D eigenvalue weighted by molar-refractivity contribution is 6.31. The van der Waals surface area contributed by atoms with Gasteiger partial charge >= 0.3 is 5.97 Å². The number of benzene rings is 1. The van der Waals surface area contributed by atoms with Crippen LogP contribution in [0.4, 0.5) is 4.39 Å². The Kier molecular flexibility index (Phi) is 4.52. The van der Waals surface area contributed by atoms with Crippen LogP contribution in [0.15, 0.2) is 18.2 Å². The fraction of sp³-hybridized carbons (Fsp3) is 0.467. The van der Waals surface area contributed by atoms with Gasteiger partial charge in [0, 0.05) is 11.6 Å². The molecule has 0 aliphatic heterocycles. The van der Waals surface area contributed by atoms with E-state index in [9.17, 15) is 19.1 Å². The van der Waals surface area contributed by atoms with E-state index in [0.717, 1.165) is 18.9 Å². The third-order valence-corrected chi connectivity index (χ3v) is 4.47. The average molecular weight is 314 g/mol. The average Bonchev–Trinajstić information content (AvgIpc) is 2.44. The molecule has 1 saturated carbocycles. The Labute approximate surface area is 127 Å². The van der Waals surface area contributed by atoms with Crippen LogP contribution in [0.5, 0.6) is 0 Å². The molecule has 1 aromatic rings. The molecule has 6 heteroatoms. The lowest BCUT2D eigenvalue weighted by molar-refractivity contribution is -0.151. The standard InChI is InChI=1S/C15H17ClFNO3/c1-15(14(20)21)7-3-2-4-12(15)18-13(19)9-5-6-11(17)10(16)8-9/h5-6,8,12H,2-4,7H2,1H3,(H,18,19)(H,20,21). The second kappa shape index (κ2) is 6.02. The van der Waals surface area contributed by atoms with Gasteiger partial charge in [-0.2, -0.15) is 0 Å².